The zero-order chi connectivity index (χ0) is 13.5. The number of allylic oxidation sites excluding steroid dienone is 1. The van der Waals surface area contributed by atoms with Gasteiger partial charge >= 0.3 is 0 Å². The van der Waals surface area contributed by atoms with E-state index < -0.39 is 0 Å². The Labute approximate surface area is 110 Å². The molecule has 2 heteroatoms. The smallest absolute Gasteiger partial charge is 0.126 e. The Morgan fingerprint density at radius 3 is 2.56 bits per heavy atom. The first kappa shape index (κ1) is 14.8. The minimum Gasteiger partial charge on any atom is -0.496 e. The number of methoxy groups -OCH3 is 1. The minimum absolute atomic E-state index is 0.237. The van der Waals surface area contributed by atoms with Gasteiger partial charge in [0.05, 0.1) is 13.2 Å². The van der Waals surface area contributed by atoms with E-state index in [2.05, 4.69) is 38.1 Å². The van der Waals surface area contributed by atoms with Gasteiger partial charge in [-0.1, -0.05) is 32.1 Å². The van der Waals surface area contributed by atoms with Crippen LogP contribution in [0.1, 0.15) is 50.7 Å². The van der Waals surface area contributed by atoms with Crippen molar-refractivity contribution in [3.63, 3.8) is 0 Å². The maximum Gasteiger partial charge on any atom is 0.126 e. The Morgan fingerprint density at radius 2 is 2.00 bits per heavy atom. The van der Waals surface area contributed by atoms with Crippen molar-refractivity contribution in [2.24, 2.45) is 0 Å². The van der Waals surface area contributed by atoms with Crippen LogP contribution in [0.15, 0.2) is 24.3 Å². The van der Waals surface area contributed by atoms with Gasteiger partial charge in [-0.05, 0) is 43.4 Å². The first-order chi connectivity index (χ1) is 8.54. The molecule has 0 fully saturated rings. The largest absolute Gasteiger partial charge is 0.496 e. The Kier molecular flexibility index (Phi) is 5.93. The van der Waals surface area contributed by atoms with Crippen LogP contribution >= 0.6 is 0 Å². The summed E-state index contributed by atoms with van der Waals surface area (Å²) in [6, 6.07) is 6.29. The molecule has 1 atom stereocenters. The van der Waals surface area contributed by atoms with E-state index in [0.29, 0.717) is 5.92 Å². The first-order valence-corrected chi connectivity index (χ1v) is 6.57. The molecule has 0 unspecified atom stereocenters. The number of ether oxygens (including phenoxy) is 1. The SMILES string of the molecule is COc1ccc(C(C)C)cc1/C=C/CC[C@@H](C)O. The number of benzene rings is 1. The van der Waals surface area contributed by atoms with Gasteiger partial charge < -0.3 is 9.84 Å². The summed E-state index contributed by atoms with van der Waals surface area (Å²) < 4.78 is 5.36. The molecule has 1 aromatic rings. The standard InChI is InChI=1S/C16H24O2/c1-12(2)14-9-10-16(18-4)15(11-14)8-6-5-7-13(3)17/h6,8-13,17H,5,7H2,1-4H3/b8-6+/t13-/m1/s1. The van der Waals surface area contributed by atoms with E-state index in [4.69, 9.17) is 4.74 Å². The van der Waals surface area contributed by atoms with Crippen LogP contribution < -0.4 is 4.74 Å². The molecule has 1 rings (SSSR count). The summed E-state index contributed by atoms with van der Waals surface area (Å²) in [5.74, 6) is 1.41. The molecule has 0 aliphatic rings. The van der Waals surface area contributed by atoms with Crippen molar-refractivity contribution in [1.82, 2.24) is 0 Å². The highest BCUT2D eigenvalue weighted by Crippen LogP contribution is 2.25. The quantitative estimate of drug-likeness (QED) is 0.824. The van der Waals surface area contributed by atoms with Crippen LogP contribution in [0, 0.1) is 0 Å². The molecular weight excluding hydrogens is 224 g/mol. The van der Waals surface area contributed by atoms with Crippen LogP contribution in [-0.2, 0) is 0 Å². The molecule has 1 aromatic carbocycles. The van der Waals surface area contributed by atoms with Gasteiger partial charge in [-0.15, -0.1) is 0 Å². The number of aliphatic hydroxyl groups is 1. The molecule has 2 nitrogen and oxygen atoms in total. The molecule has 0 saturated heterocycles. The summed E-state index contributed by atoms with van der Waals surface area (Å²) in [5.41, 5.74) is 2.42. The van der Waals surface area contributed by atoms with Gasteiger partial charge in [0.15, 0.2) is 0 Å². The molecule has 0 aliphatic heterocycles. The third-order valence-corrected chi connectivity index (χ3v) is 2.97. The van der Waals surface area contributed by atoms with Gasteiger partial charge in [-0.25, -0.2) is 0 Å². The van der Waals surface area contributed by atoms with Crippen LogP contribution in [-0.4, -0.2) is 18.3 Å². The number of rotatable bonds is 6. The first-order valence-electron chi connectivity index (χ1n) is 6.57. The van der Waals surface area contributed by atoms with E-state index >= 15 is 0 Å². The highest BCUT2D eigenvalue weighted by Gasteiger charge is 2.04. The van der Waals surface area contributed by atoms with E-state index in [1.807, 2.05) is 13.0 Å². The lowest BCUT2D eigenvalue weighted by atomic mass is 10.00. The molecule has 0 heterocycles. The second-order valence-corrected chi connectivity index (χ2v) is 4.98. The van der Waals surface area contributed by atoms with Crippen molar-refractivity contribution < 1.29 is 9.84 Å². The fourth-order valence-electron chi connectivity index (χ4n) is 1.79. The summed E-state index contributed by atoms with van der Waals surface area (Å²) in [4.78, 5) is 0. The molecule has 0 saturated carbocycles. The van der Waals surface area contributed by atoms with Crippen molar-refractivity contribution in [2.45, 2.75) is 45.6 Å². The Hall–Kier alpha value is -1.28. The molecule has 100 valence electrons. The topological polar surface area (TPSA) is 29.5 Å². The molecule has 0 spiro atoms. The average molecular weight is 248 g/mol. The molecule has 1 N–H and O–H groups in total. The average Bonchev–Trinajstić information content (AvgIpc) is 2.34. The number of hydrogen-bond acceptors (Lipinski definition) is 2. The monoisotopic (exact) mass is 248 g/mol. The molecule has 0 radical (unpaired) electrons. The predicted octanol–water partition coefficient (Wildman–Crippen LogP) is 3.99. The molecule has 0 aliphatic carbocycles. The second kappa shape index (κ2) is 7.22. The number of aliphatic hydroxyl groups excluding tert-OH is 1. The van der Waals surface area contributed by atoms with Gasteiger partial charge in [0.25, 0.3) is 0 Å². The lowest BCUT2D eigenvalue weighted by molar-refractivity contribution is 0.186. The second-order valence-electron chi connectivity index (χ2n) is 4.98. The van der Waals surface area contributed by atoms with Crippen LogP contribution in [0.25, 0.3) is 6.08 Å². The zero-order valence-corrected chi connectivity index (χ0v) is 11.8. The summed E-state index contributed by atoms with van der Waals surface area (Å²) >= 11 is 0. The van der Waals surface area contributed by atoms with Crippen LogP contribution in [0.5, 0.6) is 5.75 Å². The van der Waals surface area contributed by atoms with E-state index in [0.717, 1.165) is 24.2 Å². The van der Waals surface area contributed by atoms with Gasteiger partial charge in [0, 0.05) is 5.56 Å². The fraction of sp³-hybridized carbons (Fsp3) is 0.500. The lowest BCUT2D eigenvalue weighted by Crippen LogP contribution is -1.97. The summed E-state index contributed by atoms with van der Waals surface area (Å²) in [7, 11) is 1.69. The zero-order valence-electron chi connectivity index (χ0n) is 11.8. The molecule has 0 amide bonds. The van der Waals surface area contributed by atoms with Crippen molar-refractivity contribution >= 4 is 6.08 Å². The van der Waals surface area contributed by atoms with Gasteiger partial charge in [0.2, 0.25) is 0 Å². The van der Waals surface area contributed by atoms with E-state index in [1.54, 1.807) is 7.11 Å². The van der Waals surface area contributed by atoms with E-state index in [-0.39, 0.29) is 6.10 Å². The van der Waals surface area contributed by atoms with Crippen molar-refractivity contribution in [1.29, 1.82) is 0 Å². The predicted molar refractivity (Wildman–Crippen MR) is 77.0 cm³/mol. The Bertz CT molecular complexity index is 392. The Morgan fingerprint density at radius 1 is 1.28 bits per heavy atom. The molecule has 18 heavy (non-hydrogen) atoms. The van der Waals surface area contributed by atoms with Gasteiger partial charge in [0.1, 0.15) is 5.75 Å². The third-order valence-electron chi connectivity index (χ3n) is 2.97. The number of hydrogen-bond donors (Lipinski definition) is 1. The van der Waals surface area contributed by atoms with Gasteiger partial charge in [-0.2, -0.15) is 0 Å². The van der Waals surface area contributed by atoms with Crippen molar-refractivity contribution in [3.8, 4) is 5.75 Å². The Balaban J connectivity index is 2.81. The van der Waals surface area contributed by atoms with Crippen LogP contribution in [0.4, 0.5) is 0 Å². The van der Waals surface area contributed by atoms with E-state index in [1.165, 1.54) is 5.56 Å². The normalized spacial score (nSPS) is 13.2. The van der Waals surface area contributed by atoms with E-state index in [9.17, 15) is 5.11 Å². The molecule has 0 bridgehead atoms. The third kappa shape index (κ3) is 4.53. The molecular formula is C16H24O2. The highest BCUT2D eigenvalue weighted by atomic mass is 16.5. The summed E-state index contributed by atoms with van der Waals surface area (Å²) in [6.07, 6.45) is 5.61. The van der Waals surface area contributed by atoms with Crippen molar-refractivity contribution in [2.75, 3.05) is 7.11 Å². The minimum atomic E-state index is -0.237. The maximum absolute atomic E-state index is 9.21. The molecule has 0 aromatic heterocycles. The fourth-order valence-corrected chi connectivity index (χ4v) is 1.79. The highest BCUT2D eigenvalue weighted by molar-refractivity contribution is 5.58. The van der Waals surface area contributed by atoms with Crippen LogP contribution in [0.2, 0.25) is 0 Å². The van der Waals surface area contributed by atoms with Gasteiger partial charge in [-0.3, -0.25) is 0 Å². The lowest BCUT2D eigenvalue weighted by Gasteiger charge is -2.10. The summed E-state index contributed by atoms with van der Waals surface area (Å²) in [5, 5.41) is 9.21. The van der Waals surface area contributed by atoms with Crippen molar-refractivity contribution in [3.05, 3.63) is 35.4 Å². The summed E-state index contributed by atoms with van der Waals surface area (Å²) in [6.45, 7) is 6.18. The van der Waals surface area contributed by atoms with Crippen LogP contribution in [0.3, 0.4) is 0 Å². The maximum atomic E-state index is 9.21.